The number of imide groups is 1. The summed E-state index contributed by atoms with van der Waals surface area (Å²) in [5.74, 6) is -1.53. The van der Waals surface area contributed by atoms with Gasteiger partial charge in [0.05, 0.1) is 46.9 Å². The number of anilines is 3. The van der Waals surface area contributed by atoms with Gasteiger partial charge in [-0.1, -0.05) is 20.3 Å². The molecular formula is C43H51F2N9O5S. The third kappa shape index (κ3) is 9.36. The van der Waals surface area contributed by atoms with Crippen LogP contribution in [0, 0.1) is 23.0 Å². The summed E-state index contributed by atoms with van der Waals surface area (Å²) < 4.78 is 49.5. The summed E-state index contributed by atoms with van der Waals surface area (Å²) >= 11 is 1.28. The maximum Gasteiger partial charge on any atom is 0.261 e. The number of hydrogen-bond acceptors (Lipinski definition) is 13. The molecule has 2 saturated heterocycles. The van der Waals surface area contributed by atoms with Crippen LogP contribution < -0.4 is 30.6 Å². The molecule has 2 atom stereocenters. The number of nitrogens with zero attached hydrogens (tertiary/aromatic N) is 6. The Balaban J connectivity index is 0.947. The first-order valence-electron chi connectivity index (χ1n) is 20.5. The second kappa shape index (κ2) is 19.0. The van der Waals surface area contributed by atoms with E-state index >= 15 is 8.78 Å². The topological polar surface area (TPSA) is 157 Å². The van der Waals surface area contributed by atoms with Crippen molar-refractivity contribution in [2.24, 2.45) is 0 Å². The molecule has 2 amide bonds. The second-order valence-corrected chi connectivity index (χ2v) is 16.7. The minimum absolute atomic E-state index is 0.00990. The van der Waals surface area contributed by atoms with Crippen LogP contribution in [0.1, 0.15) is 70.4 Å². The van der Waals surface area contributed by atoms with Gasteiger partial charge in [-0.2, -0.15) is 5.26 Å². The maximum absolute atomic E-state index is 15.4. The molecule has 60 heavy (non-hydrogen) atoms. The van der Waals surface area contributed by atoms with E-state index in [-0.39, 0.29) is 40.1 Å². The predicted molar refractivity (Wildman–Crippen MR) is 228 cm³/mol. The van der Waals surface area contributed by atoms with Gasteiger partial charge in [0.25, 0.3) is 5.56 Å². The Hall–Kier alpha value is -5.28. The van der Waals surface area contributed by atoms with Crippen LogP contribution in [0.25, 0.3) is 10.9 Å². The third-order valence-corrected chi connectivity index (χ3v) is 12.8. The summed E-state index contributed by atoms with van der Waals surface area (Å²) in [5, 5.41) is 15.5. The molecule has 17 heteroatoms. The molecule has 3 N–H and O–H groups in total. The molecule has 318 valence electrons. The first-order chi connectivity index (χ1) is 29.0. The number of amides is 2. The number of hydrogen-bond donors (Lipinski definition) is 3. The molecule has 3 fully saturated rings. The van der Waals surface area contributed by atoms with Crippen LogP contribution in [0.15, 0.2) is 59.7 Å². The number of ether oxygens (including phenoxy) is 2. The van der Waals surface area contributed by atoms with Crippen molar-refractivity contribution in [1.29, 1.82) is 5.26 Å². The van der Waals surface area contributed by atoms with Crippen molar-refractivity contribution < 1.29 is 27.8 Å². The molecule has 1 saturated carbocycles. The van der Waals surface area contributed by atoms with Crippen LogP contribution in [-0.4, -0.2) is 95.1 Å². The number of benzene rings is 3. The number of piperazine rings is 1. The fourth-order valence-corrected chi connectivity index (χ4v) is 9.09. The Morgan fingerprint density at radius 1 is 1.10 bits per heavy atom. The molecule has 2 aliphatic heterocycles. The quantitative estimate of drug-likeness (QED) is 0.0872. The summed E-state index contributed by atoms with van der Waals surface area (Å²) in [4.78, 5) is 46.1. The van der Waals surface area contributed by atoms with E-state index in [1.54, 1.807) is 41.2 Å². The van der Waals surface area contributed by atoms with Gasteiger partial charge in [0, 0.05) is 56.6 Å². The van der Waals surface area contributed by atoms with Crippen molar-refractivity contribution in [2.45, 2.75) is 82.5 Å². The van der Waals surface area contributed by atoms with Crippen LogP contribution in [0.5, 0.6) is 11.5 Å². The molecule has 0 bridgehead atoms. The van der Waals surface area contributed by atoms with Crippen LogP contribution in [-0.2, 0) is 14.3 Å². The molecule has 0 radical (unpaired) electrons. The summed E-state index contributed by atoms with van der Waals surface area (Å²) in [6, 6.07) is 14.0. The van der Waals surface area contributed by atoms with E-state index in [0.29, 0.717) is 73.0 Å². The second-order valence-electron chi connectivity index (χ2n) is 15.7. The molecule has 14 nitrogen and oxygen atoms in total. The van der Waals surface area contributed by atoms with E-state index in [9.17, 15) is 19.6 Å². The SMILES string of the molecule is CCCC(Nc1ccc(N2CCN(C3CCC4(CC3)CC(n3cnc5ccc(Oc6c(F)ccc(NSN(C)CC)c6C#N)cc5c3=O)CO4)CC2)c(F)c1)C(=O)NC=O. The number of rotatable bonds is 15. The van der Waals surface area contributed by atoms with Gasteiger partial charge in [0.2, 0.25) is 12.3 Å². The minimum atomic E-state index is -0.699. The Bertz CT molecular complexity index is 2290. The van der Waals surface area contributed by atoms with Gasteiger partial charge in [-0.25, -0.2) is 18.1 Å². The molecule has 1 spiro atoms. The van der Waals surface area contributed by atoms with Crippen molar-refractivity contribution in [3.63, 3.8) is 0 Å². The summed E-state index contributed by atoms with van der Waals surface area (Å²) in [6.45, 7) is 8.03. The monoisotopic (exact) mass is 843 g/mol. The van der Waals surface area contributed by atoms with E-state index in [4.69, 9.17) is 9.47 Å². The lowest BCUT2D eigenvalue weighted by atomic mass is 9.79. The Morgan fingerprint density at radius 2 is 1.88 bits per heavy atom. The highest BCUT2D eigenvalue weighted by molar-refractivity contribution is 7.98. The fourth-order valence-electron chi connectivity index (χ4n) is 8.54. The highest BCUT2D eigenvalue weighted by atomic mass is 32.2. The van der Waals surface area contributed by atoms with E-state index in [1.807, 2.05) is 31.3 Å². The van der Waals surface area contributed by atoms with Crippen LogP contribution in [0.4, 0.5) is 25.8 Å². The molecule has 1 aliphatic carbocycles. The summed E-state index contributed by atoms with van der Waals surface area (Å²) in [5.41, 5.74) is 1.32. The standard InChI is InChI=1S/C43H51F2N9O5S/c1-4-6-38(41(56)48-27-55)49-28-7-12-39(35(45)21-28)53-19-17-52(18-20-53)29-13-15-43(16-14-29)23-30(25-58-43)54-26-47-36-10-8-31(22-32(36)42(54)57)59-40-33(24-46)37(11-9-34(40)44)50-60-51(3)5-2/h7-12,21-22,26-27,29-30,38,49-50H,4-6,13-20,23,25H2,1-3H3,(H,48,55,56). The molecule has 7 rings (SSSR count). The average Bonchev–Trinajstić information content (AvgIpc) is 3.66. The van der Waals surface area contributed by atoms with Gasteiger partial charge in [0.15, 0.2) is 11.6 Å². The molecule has 3 aliphatic rings. The molecule has 3 heterocycles. The molecule has 3 aromatic carbocycles. The fraction of sp³-hybridized carbons (Fsp3) is 0.465. The van der Waals surface area contributed by atoms with Crippen molar-refractivity contribution >= 4 is 52.4 Å². The van der Waals surface area contributed by atoms with E-state index in [2.05, 4.69) is 30.1 Å². The Kier molecular flexibility index (Phi) is 13.5. The number of carbonyl (C=O) groups is 2. The number of nitriles is 1. The lowest BCUT2D eigenvalue weighted by Gasteiger charge is -2.45. The zero-order valence-corrected chi connectivity index (χ0v) is 34.9. The van der Waals surface area contributed by atoms with Gasteiger partial charge >= 0.3 is 0 Å². The zero-order valence-electron chi connectivity index (χ0n) is 34.1. The highest BCUT2D eigenvalue weighted by Crippen LogP contribution is 2.44. The molecule has 2 unspecified atom stereocenters. The lowest BCUT2D eigenvalue weighted by molar-refractivity contribution is -0.125. The maximum atomic E-state index is 15.4. The van der Waals surface area contributed by atoms with Crippen molar-refractivity contribution in [3.05, 3.63) is 82.4 Å². The number of fused-ring (bicyclic) bond motifs is 1. The first-order valence-corrected chi connectivity index (χ1v) is 21.3. The van der Waals surface area contributed by atoms with Crippen molar-refractivity contribution in [1.82, 2.24) is 24.1 Å². The largest absolute Gasteiger partial charge is 0.453 e. The van der Waals surface area contributed by atoms with E-state index in [1.165, 1.54) is 30.3 Å². The highest BCUT2D eigenvalue weighted by Gasteiger charge is 2.45. The van der Waals surface area contributed by atoms with Crippen LogP contribution in [0.2, 0.25) is 0 Å². The molecule has 1 aromatic heterocycles. The lowest BCUT2D eigenvalue weighted by Crippen LogP contribution is -2.52. The minimum Gasteiger partial charge on any atom is -0.453 e. The van der Waals surface area contributed by atoms with Gasteiger partial charge in [-0.05, 0) is 94.1 Å². The third-order valence-electron chi connectivity index (χ3n) is 12.0. The first kappa shape index (κ1) is 42.8. The summed E-state index contributed by atoms with van der Waals surface area (Å²) in [7, 11) is 1.88. The van der Waals surface area contributed by atoms with Gasteiger partial charge in [0.1, 0.15) is 29.2 Å². The molecular weight excluding hydrogens is 793 g/mol. The predicted octanol–water partition coefficient (Wildman–Crippen LogP) is 6.58. The molecule has 4 aromatic rings. The van der Waals surface area contributed by atoms with Gasteiger partial charge in [-0.3, -0.25) is 29.2 Å². The number of carbonyl (C=O) groups excluding carboxylic acids is 2. The summed E-state index contributed by atoms with van der Waals surface area (Å²) in [6.07, 6.45) is 7.47. The van der Waals surface area contributed by atoms with Crippen LogP contribution in [0.3, 0.4) is 0 Å². The Morgan fingerprint density at radius 3 is 2.58 bits per heavy atom. The number of nitrogens with one attached hydrogen (secondary N) is 3. The van der Waals surface area contributed by atoms with Crippen LogP contribution >= 0.6 is 12.1 Å². The number of aromatic nitrogens is 2. The van der Waals surface area contributed by atoms with Crippen molar-refractivity contribution in [3.8, 4) is 17.6 Å². The normalized spacial score (nSPS) is 21.2. The van der Waals surface area contributed by atoms with Crippen molar-refractivity contribution in [2.75, 3.05) is 61.3 Å². The van der Waals surface area contributed by atoms with E-state index < -0.39 is 17.8 Å². The smallest absolute Gasteiger partial charge is 0.261 e. The van der Waals surface area contributed by atoms with Gasteiger partial charge < -0.3 is 24.4 Å². The zero-order chi connectivity index (χ0) is 42.4. The van der Waals surface area contributed by atoms with E-state index in [0.717, 1.165) is 51.7 Å². The Labute approximate surface area is 352 Å². The van der Waals surface area contributed by atoms with Gasteiger partial charge in [-0.15, -0.1) is 0 Å². The number of halogens is 2. The average molecular weight is 844 g/mol.